The number of amidine groups is 1. The summed E-state index contributed by atoms with van der Waals surface area (Å²) >= 11 is 7.32. The molecule has 0 bridgehead atoms. The van der Waals surface area contributed by atoms with Gasteiger partial charge in [0, 0.05) is 15.4 Å². The summed E-state index contributed by atoms with van der Waals surface area (Å²) in [4.78, 5) is 1.18. The average molecular weight is 297 g/mol. The first-order valence-corrected chi connectivity index (χ1v) is 6.51. The molecule has 0 atom stereocenters. The predicted octanol–water partition coefficient (Wildman–Crippen LogP) is 3.72. The summed E-state index contributed by atoms with van der Waals surface area (Å²) in [5.41, 5.74) is 5.97. The van der Waals surface area contributed by atoms with Crippen molar-refractivity contribution in [3.05, 3.63) is 58.9 Å². The molecule has 3 nitrogen and oxygen atoms in total. The molecule has 98 valence electrons. The molecule has 0 amide bonds. The van der Waals surface area contributed by atoms with E-state index in [0.29, 0.717) is 20.4 Å². The summed E-state index contributed by atoms with van der Waals surface area (Å²) in [6, 6.07) is 11.4. The van der Waals surface area contributed by atoms with Crippen LogP contribution in [0.3, 0.4) is 0 Å². The topological polar surface area (TPSA) is 58.6 Å². The molecule has 2 aromatic rings. The normalized spacial score (nSPS) is 11.6. The zero-order valence-electron chi connectivity index (χ0n) is 9.68. The quantitative estimate of drug-likeness (QED) is 0.393. The largest absolute Gasteiger partial charge is 0.409 e. The van der Waals surface area contributed by atoms with E-state index in [0.717, 1.165) is 0 Å². The Kier molecular flexibility index (Phi) is 4.29. The molecule has 0 fully saturated rings. The number of halogens is 2. The molecule has 0 aliphatic heterocycles. The number of rotatable bonds is 3. The van der Waals surface area contributed by atoms with E-state index in [1.165, 1.54) is 17.8 Å². The van der Waals surface area contributed by atoms with Crippen molar-refractivity contribution in [2.45, 2.75) is 9.79 Å². The van der Waals surface area contributed by atoms with E-state index in [4.69, 9.17) is 22.5 Å². The van der Waals surface area contributed by atoms with Gasteiger partial charge in [-0.25, -0.2) is 4.39 Å². The average Bonchev–Trinajstić information content (AvgIpc) is 2.42. The second-order valence-electron chi connectivity index (χ2n) is 3.66. The smallest absolute Gasteiger partial charge is 0.170 e. The van der Waals surface area contributed by atoms with Crippen molar-refractivity contribution in [1.29, 1.82) is 0 Å². The van der Waals surface area contributed by atoms with Gasteiger partial charge in [0.1, 0.15) is 5.82 Å². The highest BCUT2D eigenvalue weighted by Crippen LogP contribution is 2.34. The van der Waals surface area contributed by atoms with Crippen molar-refractivity contribution in [3.63, 3.8) is 0 Å². The van der Waals surface area contributed by atoms with Gasteiger partial charge >= 0.3 is 0 Å². The summed E-state index contributed by atoms with van der Waals surface area (Å²) < 4.78 is 13.5. The fourth-order valence-electron chi connectivity index (χ4n) is 1.45. The molecular formula is C13H10ClFN2OS. The van der Waals surface area contributed by atoms with Gasteiger partial charge in [-0.2, -0.15) is 0 Å². The van der Waals surface area contributed by atoms with Crippen LogP contribution in [0.15, 0.2) is 57.4 Å². The highest BCUT2D eigenvalue weighted by Gasteiger charge is 2.09. The number of hydrogen-bond donors (Lipinski definition) is 2. The molecule has 0 saturated carbocycles. The summed E-state index contributed by atoms with van der Waals surface area (Å²) in [5, 5.41) is 11.9. The molecule has 0 aliphatic carbocycles. The van der Waals surface area contributed by atoms with E-state index < -0.39 is 0 Å². The Bertz CT molecular complexity index is 634. The molecule has 2 rings (SSSR count). The van der Waals surface area contributed by atoms with Gasteiger partial charge in [-0.1, -0.05) is 40.7 Å². The molecule has 3 N–H and O–H groups in total. The fraction of sp³-hybridized carbons (Fsp3) is 0. The molecule has 0 spiro atoms. The van der Waals surface area contributed by atoms with E-state index in [-0.39, 0.29) is 11.7 Å². The maximum Gasteiger partial charge on any atom is 0.170 e. The minimum absolute atomic E-state index is 0.0238. The summed E-state index contributed by atoms with van der Waals surface area (Å²) in [6.07, 6.45) is 0. The number of hydrogen-bond acceptors (Lipinski definition) is 3. The van der Waals surface area contributed by atoms with Gasteiger partial charge in [-0.15, -0.1) is 0 Å². The standard InChI is InChI=1S/C13H10ClFN2OS/c14-9-7-8(13(16)17-18)5-6-11(9)19-12-4-2-1-3-10(12)15/h1-7,18H,(H2,16,17). The SMILES string of the molecule is NC(=NO)c1ccc(Sc2ccccc2F)c(Cl)c1. The first-order chi connectivity index (χ1) is 9.11. The highest BCUT2D eigenvalue weighted by molar-refractivity contribution is 7.99. The maximum atomic E-state index is 13.5. The molecule has 2 aromatic carbocycles. The lowest BCUT2D eigenvalue weighted by atomic mass is 10.2. The zero-order valence-corrected chi connectivity index (χ0v) is 11.2. The van der Waals surface area contributed by atoms with Crippen molar-refractivity contribution < 1.29 is 9.60 Å². The van der Waals surface area contributed by atoms with Crippen LogP contribution in [0.1, 0.15) is 5.56 Å². The Morgan fingerprint density at radius 1 is 1.21 bits per heavy atom. The maximum absolute atomic E-state index is 13.5. The van der Waals surface area contributed by atoms with E-state index in [1.54, 1.807) is 36.4 Å². The van der Waals surface area contributed by atoms with Crippen LogP contribution in [0, 0.1) is 5.82 Å². The van der Waals surface area contributed by atoms with Gasteiger partial charge in [0.25, 0.3) is 0 Å². The van der Waals surface area contributed by atoms with E-state index in [2.05, 4.69) is 5.16 Å². The summed E-state index contributed by atoms with van der Waals surface area (Å²) in [7, 11) is 0. The molecule has 0 unspecified atom stereocenters. The molecular weight excluding hydrogens is 287 g/mol. The van der Waals surface area contributed by atoms with Crippen LogP contribution in [-0.2, 0) is 0 Å². The lowest BCUT2D eigenvalue weighted by molar-refractivity contribution is 0.318. The second-order valence-corrected chi connectivity index (χ2v) is 5.15. The Labute approximate surface area is 118 Å². The van der Waals surface area contributed by atoms with E-state index in [9.17, 15) is 4.39 Å². The zero-order chi connectivity index (χ0) is 13.8. The van der Waals surface area contributed by atoms with Crippen LogP contribution in [0.5, 0.6) is 0 Å². The highest BCUT2D eigenvalue weighted by atomic mass is 35.5. The van der Waals surface area contributed by atoms with Crippen molar-refractivity contribution in [3.8, 4) is 0 Å². The molecule has 6 heteroatoms. The van der Waals surface area contributed by atoms with Crippen LogP contribution in [0.25, 0.3) is 0 Å². The molecule has 0 saturated heterocycles. The first-order valence-electron chi connectivity index (χ1n) is 5.31. The van der Waals surface area contributed by atoms with Crippen LogP contribution in [0.4, 0.5) is 4.39 Å². The first kappa shape index (κ1) is 13.7. The minimum atomic E-state index is -0.302. The van der Waals surface area contributed by atoms with E-state index >= 15 is 0 Å². The van der Waals surface area contributed by atoms with Crippen molar-refractivity contribution in [1.82, 2.24) is 0 Å². The monoisotopic (exact) mass is 296 g/mol. The summed E-state index contributed by atoms with van der Waals surface area (Å²) in [5.74, 6) is -0.326. The molecule has 0 aromatic heterocycles. The Balaban J connectivity index is 2.30. The van der Waals surface area contributed by atoms with Gasteiger partial charge in [0.05, 0.1) is 5.02 Å². The summed E-state index contributed by atoms with van der Waals surface area (Å²) in [6.45, 7) is 0. The molecule has 19 heavy (non-hydrogen) atoms. The van der Waals surface area contributed by atoms with Crippen molar-refractivity contribution in [2.75, 3.05) is 0 Å². The molecule has 0 aliphatic rings. The number of benzene rings is 2. The van der Waals surface area contributed by atoms with E-state index in [1.807, 2.05) is 0 Å². The third-order valence-corrected chi connectivity index (χ3v) is 3.94. The van der Waals surface area contributed by atoms with Crippen molar-refractivity contribution in [2.24, 2.45) is 10.9 Å². The van der Waals surface area contributed by atoms with Gasteiger partial charge in [-0.05, 0) is 30.3 Å². The second kappa shape index (κ2) is 5.95. The Morgan fingerprint density at radius 2 is 1.95 bits per heavy atom. The lowest BCUT2D eigenvalue weighted by Gasteiger charge is -2.07. The third kappa shape index (κ3) is 3.19. The lowest BCUT2D eigenvalue weighted by Crippen LogP contribution is -2.12. The predicted molar refractivity (Wildman–Crippen MR) is 74.5 cm³/mol. The number of nitrogens with two attached hydrogens (primary N) is 1. The molecule has 0 radical (unpaired) electrons. The minimum Gasteiger partial charge on any atom is -0.409 e. The van der Waals surface area contributed by atoms with Crippen LogP contribution in [0.2, 0.25) is 5.02 Å². The van der Waals surface area contributed by atoms with Gasteiger partial charge in [0.2, 0.25) is 0 Å². The Morgan fingerprint density at radius 3 is 2.58 bits per heavy atom. The van der Waals surface area contributed by atoms with Gasteiger partial charge in [-0.3, -0.25) is 0 Å². The van der Waals surface area contributed by atoms with Gasteiger partial charge in [0.15, 0.2) is 5.84 Å². The van der Waals surface area contributed by atoms with Crippen molar-refractivity contribution >= 4 is 29.2 Å². The van der Waals surface area contributed by atoms with Crippen LogP contribution >= 0.6 is 23.4 Å². The fourth-order valence-corrected chi connectivity index (χ4v) is 2.58. The Hall–Kier alpha value is -1.72. The third-order valence-electron chi connectivity index (χ3n) is 2.39. The number of nitrogens with zero attached hydrogens (tertiary/aromatic N) is 1. The van der Waals surface area contributed by atoms with Crippen LogP contribution in [-0.4, -0.2) is 11.0 Å². The van der Waals surface area contributed by atoms with Crippen LogP contribution < -0.4 is 5.73 Å². The molecule has 0 heterocycles. The van der Waals surface area contributed by atoms with Gasteiger partial charge < -0.3 is 10.9 Å². The number of oxime groups is 1.